The van der Waals surface area contributed by atoms with Gasteiger partial charge in [0.05, 0.1) is 6.42 Å². The molecule has 2 aromatic carbocycles. The molecule has 0 atom stereocenters. The molecule has 0 saturated heterocycles. The number of hydrogen-bond acceptors (Lipinski definition) is 3. The van der Waals surface area contributed by atoms with Crippen molar-refractivity contribution in [3.63, 3.8) is 0 Å². The van der Waals surface area contributed by atoms with E-state index in [2.05, 4.69) is 5.32 Å². The third-order valence-electron chi connectivity index (χ3n) is 3.41. The first-order valence-electron chi connectivity index (χ1n) is 7.40. The van der Waals surface area contributed by atoms with Crippen molar-refractivity contribution in [1.29, 1.82) is 0 Å². The third kappa shape index (κ3) is 6.40. The Balaban J connectivity index is 0.00000288. The lowest BCUT2D eigenvalue weighted by atomic mass is 10.1. The maximum atomic E-state index is 12.1. The number of carbonyl (C=O) groups is 2. The molecule has 0 radical (unpaired) electrons. The number of rotatable bonds is 7. The second kappa shape index (κ2) is 9.70. The molecule has 5 nitrogen and oxygen atoms in total. The van der Waals surface area contributed by atoms with Crippen molar-refractivity contribution in [3.8, 4) is 0 Å². The number of nitrogens with one attached hydrogen (secondary N) is 1. The molecule has 0 bridgehead atoms. The molecule has 0 aliphatic carbocycles. The fourth-order valence-electron chi connectivity index (χ4n) is 2.16. The van der Waals surface area contributed by atoms with Gasteiger partial charge in [-0.25, -0.2) is 0 Å². The Morgan fingerprint density at radius 3 is 2.25 bits per heavy atom. The van der Waals surface area contributed by atoms with E-state index in [1.165, 1.54) is 0 Å². The number of halogens is 1. The standard InChI is InChI=1S/C18H20N2O3.ClH/c1-20(12-11-17(21)22)13-14-7-9-15(10-8-14)18(23)19-16-5-3-2-4-6-16;/h2-10H,11-13H2,1H3,(H,19,23)(H,21,22);1H. The molecule has 128 valence electrons. The molecule has 0 aromatic heterocycles. The Bertz CT molecular complexity index is 660. The van der Waals surface area contributed by atoms with Crippen molar-refractivity contribution < 1.29 is 14.7 Å². The van der Waals surface area contributed by atoms with E-state index < -0.39 is 5.97 Å². The largest absolute Gasteiger partial charge is 0.481 e. The number of nitrogens with zero attached hydrogens (tertiary/aromatic N) is 1. The molecule has 2 rings (SSSR count). The molecule has 0 unspecified atom stereocenters. The lowest BCUT2D eigenvalue weighted by molar-refractivity contribution is -0.137. The number of carbonyl (C=O) groups excluding carboxylic acids is 1. The van der Waals surface area contributed by atoms with Crippen LogP contribution in [0.4, 0.5) is 5.69 Å². The van der Waals surface area contributed by atoms with Crippen LogP contribution >= 0.6 is 12.4 Å². The molecule has 0 aliphatic heterocycles. The second-order valence-corrected chi connectivity index (χ2v) is 5.40. The van der Waals surface area contributed by atoms with Crippen LogP contribution < -0.4 is 5.32 Å². The normalized spacial score (nSPS) is 10.1. The van der Waals surface area contributed by atoms with Crippen molar-refractivity contribution in [2.24, 2.45) is 0 Å². The Morgan fingerprint density at radius 1 is 1.04 bits per heavy atom. The van der Waals surface area contributed by atoms with Crippen molar-refractivity contribution in [1.82, 2.24) is 4.90 Å². The minimum Gasteiger partial charge on any atom is -0.481 e. The number of aliphatic carboxylic acids is 1. The van der Waals surface area contributed by atoms with Gasteiger partial charge in [-0.2, -0.15) is 0 Å². The van der Waals surface area contributed by atoms with Gasteiger partial charge in [-0.1, -0.05) is 30.3 Å². The van der Waals surface area contributed by atoms with Crippen LogP contribution in [-0.4, -0.2) is 35.5 Å². The summed E-state index contributed by atoms with van der Waals surface area (Å²) in [7, 11) is 1.87. The molecule has 0 spiro atoms. The van der Waals surface area contributed by atoms with Crippen LogP contribution in [0.5, 0.6) is 0 Å². The number of carboxylic acid groups (broad SMARTS) is 1. The van der Waals surface area contributed by atoms with Crippen LogP contribution in [-0.2, 0) is 11.3 Å². The first kappa shape index (κ1) is 19.7. The predicted octanol–water partition coefficient (Wildman–Crippen LogP) is 3.27. The SMILES string of the molecule is CN(CCC(=O)O)Cc1ccc(C(=O)Nc2ccccc2)cc1.Cl. The summed E-state index contributed by atoms with van der Waals surface area (Å²) in [6.45, 7) is 1.14. The number of amides is 1. The Morgan fingerprint density at radius 2 is 1.67 bits per heavy atom. The van der Waals surface area contributed by atoms with Gasteiger partial charge in [-0.15, -0.1) is 12.4 Å². The number of para-hydroxylation sites is 1. The molecular formula is C18H21ClN2O3. The van der Waals surface area contributed by atoms with Crippen molar-refractivity contribution in [3.05, 3.63) is 65.7 Å². The van der Waals surface area contributed by atoms with E-state index >= 15 is 0 Å². The fraction of sp³-hybridized carbons (Fsp3) is 0.222. The molecule has 0 saturated carbocycles. The van der Waals surface area contributed by atoms with E-state index in [4.69, 9.17) is 5.11 Å². The van der Waals surface area contributed by atoms with E-state index in [1.54, 1.807) is 12.1 Å². The highest BCUT2D eigenvalue weighted by molar-refractivity contribution is 6.04. The number of hydrogen-bond donors (Lipinski definition) is 2. The van der Waals surface area contributed by atoms with E-state index in [1.807, 2.05) is 54.4 Å². The average molecular weight is 349 g/mol. The number of anilines is 1. The lowest BCUT2D eigenvalue weighted by Crippen LogP contribution is -2.21. The molecule has 0 heterocycles. The summed E-state index contributed by atoms with van der Waals surface area (Å²) in [6, 6.07) is 16.6. The maximum Gasteiger partial charge on any atom is 0.304 e. The first-order chi connectivity index (χ1) is 11.0. The van der Waals surface area contributed by atoms with E-state index in [9.17, 15) is 9.59 Å². The van der Waals surface area contributed by atoms with Gasteiger partial charge in [-0.05, 0) is 36.9 Å². The van der Waals surface area contributed by atoms with Gasteiger partial charge < -0.3 is 15.3 Å². The first-order valence-corrected chi connectivity index (χ1v) is 7.40. The summed E-state index contributed by atoms with van der Waals surface area (Å²) in [6.07, 6.45) is 0.119. The van der Waals surface area contributed by atoms with Crippen LogP contribution in [0, 0.1) is 0 Å². The van der Waals surface area contributed by atoms with E-state index in [0.717, 1.165) is 11.3 Å². The van der Waals surface area contributed by atoms with Crippen LogP contribution in [0.3, 0.4) is 0 Å². The second-order valence-electron chi connectivity index (χ2n) is 5.40. The monoisotopic (exact) mass is 348 g/mol. The predicted molar refractivity (Wildman–Crippen MR) is 96.7 cm³/mol. The van der Waals surface area contributed by atoms with Gasteiger partial charge in [0, 0.05) is 24.3 Å². The quantitative estimate of drug-likeness (QED) is 0.805. The number of carboxylic acids is 1. The highest BCUT2D eigenvalue weighted by Crippen LogP contribution is 2.11. The van der Waals surface area contributed by atoms with Gasteiger partial charge in [0.1, 0.15) is 0 Å². The van der Waals surface area contributed by atoms with E-state index in [-0.39, 0.29) is 24.7 Å². The van der Waals surface area contributed by atoms with Crippen molar-refractivity contribution in [2.45, 2.75) is 13.0 Å². The zero-order valence-corrected chi connectivity index (χ0v) is 14.3. The zero-order chi connectivity index (χ0) is 16.7. The molecule has 6 heteroatoms. The van der Waals surface area contributed by atoms with Gasteiger partial charge in [0.25, 0.3) is 5.91 Å². The van der Waals surface area contributed by atoms with Gasteiger partial charge >= 0.3 is 5.97 Å². The highest BCUT2D eigenvalue weighted by atomic mass is 35.5. The minimum absolute atomic E-state index is 0. The summed E-state index contributed by atoms with van der Waals surface area (Å²) in [5.74, 6) is -0.952. The Labute approximate surface area is 147 Å². The topological polar surface area (TPSA) is 69.6 Å². The van der Waals surface area contributed by atoms with Gasteiger partial charge in [0.2, 0.25) is 0 Å². The smallest absolute Gasteiger partial charge is 0.304 e. The Kier molecular flexibility index (Phi) is 7.95. The summed E-state index contributed by atoms with van der Waals surface area (Å²) in [5.41, 5.74) is 2.38. The van der Waals surface area contributed by atoms with Crippen LogP contribution in [0.25, 0.3) is 0 Å². The lowest BCUT2D eigenvalue weighted by Gasteiger charge is -2.15. The molecule has 1 amide bonds. The summed E-state index contributed by atoms with van der Waals surface area (Å²) < 4.78 is 0. The minimum atomic E-state index is -0.801. The highest BCUT2D eigenvalue weighted by Gasteiger charge is 2.07. The molecule has 0 aliphatic rings. The van der Waals surface area contributed by atoms with Crippen LogP contribution in [0.2, 0.25) is 0 Å². The summed E-state index contributed by atoms with van der Waals surface area (Å²) >= 11 is 0. The summed E-state index contributed by atoms with van der Waals surface area (Å²) in [5, 5.41) is 11.5. The molecular weight excluding hydrogens is 328 g/mol. The van der Waals surface area contributed by atoms with Gasteiger partial charge in [0.15, 0.2) is 0 Å². The molecule has 2 aromatic rings. The van der Waals surface area contributed by atoms with E-state index in [0.29, 0.717) is 18.7 Å². The van der Waals surface area contributed by atoms with Crippen molar-refractivity contribution >= 4 is 30.0 Å². The van der Waals surface area contributed by atoms with Gasteiger partial charge in [-0.3, -0.25) is 9.59 Å². The molecule has 2 N–H and O–H groups in total. The summed E-state index contributed by atoms with van der Waals surface area (Å²) in [4.78, 5) is 24.6. The third-order valence-corrected chi connectivity index (χ3v) is 3.41. The average Bonchev–Trinajstić information content (AvgIpc) is 2.54. The zero-order valence-electron chi connectivity index (χ0n) is 13.4. The maximum absolute atomic E-state index is 12.1. The van der Waals surface area contributed by atoms with Crippen molar-refractivity contribution in [2.75, 3.05) is 18.9 Å². The fourth-order valence-corrected chi connectivity index (χ4v) is 2.16. The van der Waals surface area contributed by atoms with Crippen LogP contribution in [0.1, 0.15) is 22.3 Å². The molecule has 0 fully saturated rings. The van der Waals surface area contributed by atoms with Crippen LogP contribution in [0.15, 0.2) is 54.6 Å². The Hall–Kier alpha value is -2.37. The number of benzene rings is 2. The molecule has 24 heavy (non-hydrogen) atoms.